The minimum absolute atomic E-state index is 0.121. The summed E-state index contributed by atoms with van der Waals surface area (Å²) in [6.07, 6.45) is 6.79. The maximum Gasteiger partial charge on any atom is 0.0305 e. The molecule has 0 aromatic heterocycles. The van der Waals surface area contributed by atoms with E-state index in [1.165, 1.54) is 19.3 Å². The van der Waals surface area contributed by atoms with Crippen molar-refractivity contribution in [2.75, 3.05) is 0 Å². The summed E-state index contributed by atoms with van der Waals surface area (Å²) in [4.78, 5) is 0. The van der Waals surface area contributed by atoms with Crippen LogP contribution in [0.2, 0.25) is 0 Å². The van der Waals surface area contributed by atoms with Crippen LogP contribution in [0.25, 0.3) is 0 Å². The predicted molar refractivity (Wildman–Crippen MR) is 59.6 cm³/mol. The summed E-state index contributed by atoms with van der Waals surface area (Å²) in [7, 11) is 0. The van der Waals surface area contributed by atoms with E-state index < -0.39 is 0 Å². The van der Waals surface area contributed by atoms with E-state index in [4.69, 9.17) is 11.5 Å². The van der Waals surface area contributed by atoms with E-state index in [-0.39, 0.29) is 11.6 Å². The monoisotopic (exact) mass is 186 g/mol. The summed E-state index contributed by atoms with van der Waals surface area (Å²) >= 11 is 0. The van der Waals surface area contributed by atoms with Gasteiger partial charge in [-0.3, -0.25) is 0 Å². The van der Waals surface area contributed by atoms with Gasteiger partial charge in [0.05, 0.1) is 0 Å². The fourth-order valence-electron chi connectivity index (χ4n) is 1.74. The van der Waals surface area contributed by atoms with Gasteiger partial charge < -0.3 is 11.5 Å². The molecule has 0 heterocycles. The van der Waals surface area contributed by atoms with Gasteiger partial charge in [-0.25, -0.2) is 0 Å². The van der Waals surface area contributed by atoms with Crippen LogP contribution >= 0.6 is 0 Å². The molecule has 80 valence electrons. The Hall–Kier alpha value is -0.0800. The minimum atomic E-state index is -0.121. The Kier molecular flexibility index (Phi) is 6.35. The second-order valence-electron chi connectivity index (χ2n) is 4.06. The smallest absolute Gasteiger partial charge is 0.0305 e. The minimum Gasteiger partial charge on any atom is -0.326 e. The van der Waals surface area contributed by atoms with Crippen LogP contribution in [0.4, 0.5) is 0 Å². The lowest BCUT2D eigenvalue weighted by Gasteiger charge is -2.34. The van der Waals surface area contributed by atoms with Crippen LogP contribution in [0.3, 0.4) is 0 Å². The summed E-state index contributed by atoms with van der Waals surface area (Å²) in [6.45, 7) is 6.47. The van der Waals surface area contributed by atoms with Gasteiger partial charge in [0, 0.05) is 11.6 Å². The summed E-state index contributed by atoms with van der Waals surface area (Å²) in [5.41, 5.74) is 12.2. The van der Waals surface area contributed by atoms with Gasteiger partial charge in [0.2, 0.25) is 0 Å². The predicted octanol–water partition coefficient (Wildman–Crippen LogP) is 2.41. The summed E-state index contributed by atoms with van der Waals surface area (Å²) in [5.74, 6) is 0. The first-order chi connectivity index (χ1) is 6.10. The molecule has 0 aromatic rings. The van der Waals surface area contributed by atoms with E-state index >= 15 is 0 Å². The van der Waals surface area contributed by atoms with Gasteiger partial charge in [0.1, 0.15) is 0 Å². The highest BCUT2D eigenvalue weighted by Crippen LogP contribution is 2.20. The zero-order valence-electron chi connectivity index (χ0n) is 9.47. The first-order valence-electron chi connectivity index (χ1n) is 5.65. The third-order valence-corrected chi connectivity index (χ3v) is 3.08. The molecule has 2 nitrogen and oxygen atoms in total. The van der Waals surface area contributed by atoms with Gasteiger partial charge in [-0.1, -0.05) is 40.0 Å². The average Bonchev–Trinajstić information content (AvgIpc) is 2.16. The molecule has 0 aromatic carbocycles. The van der Waals surface area contributed by atoms with Crippen molar-refractivity contribution >= 4 is 0 Å². The summed E-state index contributed by atoms with van der Waals surface area (Å²) in [6, 6.07) is 0.161. The number of nitrogens with two attached hydrogens (primary N) is 2. The molecule has 0 radical (unpaired) electrons. The highest BCUT2D eigenvalue weighted by atomic mass is 14.8. The molecule has 0 amide bonds. The zero-order chi connectivity index (χ0) is 10.3. The molecule has 0 aliphatic rings. The van der Waals surface area contributed by atoms with Crippen molar-refractivity contribution in [3.8, 4) is 0 Å². The molecule has 0 aliphatic heterocycles. The van der Waals surface area contributed by atoms with Crippen LogP contribution in [0, 0.1) is 0 Å². The number of hydrogen-bond acceptors (Lipinski definition) is 2. The van der Waals surface area contributed by atoms with Crippen molar-refractivity contribution in [3.63, 3.8) is 0 Å². The molecule has 0 saturated heterocycles. The van der Waals surface area contributed by atoms with Gasteiger partial charge in [0.15, 0.2) is 0 Å². The van der Waals surface area contributed by atoms with Crippen LogP contribution in [-0.4, -0.2) is 11.6 Å². The fraction of sp³-hybridized carbons (Fsp3) is 1.00. The largest absolute Gasteiger partial charge is 0.326 e. The first kappa shape index (κ1) is 12.9. The van der Waals surface area contributed by atoms with Gasteiger partial charge >= 0.3 is 0 Å². The SMILES string of the molecule is CCCCCC(N)(CC)C(N)CC. The van der Waals surface area contributed by atoms with Crippen LogP contribution in [0.15, 0.2) is 0 Å². The van der Waals surface area contributed by atoms with Crippen molar-refractivity contribution in [1.29, 1.82) is 0 Å². The molecule has 0 bridgehead atoms. The lowest BCUT2D eigenvalue weighted by atomic mass is 9.82. The van der Waals surface area contributed by atoms with E-state index in [2.05, 4.69) is 20.8 Å². The molecule has 13 heavy (non-hydrogen) atoms. The van der Waals surface area contributed by atoms with Gasteiger partial charge in [0.25, 0.3) is 0 Å². The van der Waals surface area contributed by atoms with E-state index in [1.807, 2.05) is 0 Å². The van der Waals surface area contributed by atoms with Crippen LogP contribution in [-0.2, 0) is 0 Å². The molecular weight excluding hydrogens is 160 g/mol. The number of rotatable bonds is 7. The Morgan fingerprint density at radius 2 is 1.77 bits per heavy atom. The molecule has 4 N–H and O–H groups in total. The molecule has 0 spiro atoms. The van der Waals surface area contributed by atoms with Gasteiger partial charge in [-0.15, -0.1) is 0 Å². The Morgan fingerprint density at radius 1 is 1.15 bits per heavy atom. The number of hydrogen-bond donors (Lipinski definition) is 2. The zero-order valence-corrected chi connectivity index (χ0v) is 9.47. The third-order valence-electron chi connectivity index (χ3n) is 3.08. The topological polar surface area (TPSA) is 52.0 Å². The Morgan fingerprint density at radius 3 is 2.15 bits per heavy atom. The van der Waals surface area contributed by atoms with Gasteiger partial charge in [-0.2, -0.15) is 0 Å². The average molecular weight is 186 g/mol. The highest BCUT2D eigenvalue weighted by Gasteiger charge is 2.28. The normalized spacial score (nSPS) is 18.2. The lowest BCUT2D eigenvalue weighted by molar-refractivity contribution is 0.293. The lowest BCUT2D eigenvalue weighted by Crippen LogP contribution is -2.54. The van der Waals surface area contributed by atoms with Crippen molar-refractivity contribution in [2.24, 2.45) is 11.5 Å². The Bertz CT molecular complexity index is 125. The second kappa shape index (κ2) is 6.39. The molecule has 2 unspecified atom stereocenters. The van der Waals surface area contributed by atoms with E-state index in [1.54, 1.807) is 0 Å². The molecule has 2 atom stereocenters. The van der Waals surface area contributed by atoms with Gasteiger partial charge in [-0.05, 0) is 19.3 Å². The van der Waals surface area contributed by atoms with Crippen LogP contribution < -0.4 is 11.5 Å². The van der Waals surface area contributed by atoms with Crippen molar-refractivity contribution in [2.45, 2.75) is 70.9 Å². The van der Waals surface area contributed by atoms with Crippen molar-refractivity contribution in [1.82, 2.24) is 0 Å². The second-order valence-corrected chi connectivity index (χ2v) is 4.06. The van der Waals surface area contributed by atoms with E-state index in [9.17, 15) is 0 Å². The maximum atomic E-state index is 6.27. The molecular formula is C11H26N2. The summed E-state index contributed by atoms with van der Waals surface area (Å²) in [5, 5.41) is 0. The van der Waals surface area contributed by atoms with Crippen molar-refractivity contribution in [3.05, 3.63) is 0 Å². The standard InChI is InChI=1S/C11H26N2/c1-4-7-8-9-11(13,6-3)10(12)5-2/h10H,4-9,12-13H2,1-3H3. The number of unbranched alkanes of at least 4 members (excludes halogenated alkanes) is 2. The highest BCUT2D eigenvalue weighted by molar-refractivity contribution is 4.92. The molecule has 0 fully saturated rings. The Balaban J connectivity index is 3.95. The molecule has 0 saturated carbocycles. The van der Waals surface area contributed by atoms with Crippen LogP contribution in [0.1, 0.15) is 59.3 Å². The van der Waals surface area contributed by atoms with E-state index in [0.717, 1.165) is 19.3 Å². The quantitative estimate of drug-likeness (QED) is 0.600. The third kappa shape index (κ3) is 4.10. The molecule has 0 rings (SSSR count). The van der Waals surface area contributed by atoms with Crippen LogP contribution in [0.5, 0.6) is 0 Å². The molecule has 0 aliphatic carbocycles. The van der Waals surface area contributed by atoms with E-state index in [0.29, 0.717) is 0 Å². The van der Waals surface area contributed by atoms with Crippen molar-refractivity contribution < 1.29 is 0 Å². The fourth-order valence-corrected chi connectivity index (χ4v) is 1.74. The maximum absolute atomic E-state index is 6.27. The summed E-state index contributed by atoms with van der Waals surface area (Å²) < 4.78 is 0. The Labute approximate surface area is 83.1 Å². The first-order valence-corrected chi connectivity index (χ1v) is 5.65. The molecule has 2 heteroatoms.